The molecular weight excluding hydrogens is 370 g/mol. The second-order valence-electron chi connectivity index (χ2n) is 6.48. The van der Waals surface area contributed by atoms with Crippen molar-refractivity contribution in [1.29, 1.82) is 0 Å². The molecule has 6 nitrogen and oxygen atoms in total. The van der Waals surface area contributed by atoms with Gasteiger partial charge in [0.1, 0.15) is 4.21 Å². The Hall–Kier alpha value is -1.74. The number of hydrogen-bond acceptors (Lipinski definition) is 5. The average molecular weight is 394 g/mol. The smallest absolute Gasteiger partial charge is 0.252 e. The molecule has 3 rings (SSSR count). The summed E-state index contributed by atoms with van der Waals surface area (Å²) in [4.78, 5) is 14.3. The third kappa shape index (κ3) is 4.32. The molecule has 1 fully saturated rings. The van der Waals surface area contributed by atoms with Crippen LogP contribution in [0.15, 0.2) is 39.9 Å². The van der Waals surface area contributed by atoms with E-state index in [0.717, 1.165) is 16.8 Å². The molecule has 0 radical (unpaired) electrons. The van der Waals surface area contributed by atoms with Gasteiger partial charge in [0.2, 0.25) is 5.91 Å². The summed E-state index contributed by atoms with van der Waals surface area (Å²) in [5.41, 5.74) is 3.01. The van der Waals surface area contributed by atoms with E-state index >= 15 is 0 Å². The van der Waals surface area contributed by atoms with Crippen LogP contribution in [0.3, 0.4) is 0 Å². The van der Waals surface area contributed by atoms with Crippen LogP contribution < -0.4 is 5.32 Å². The van der Waals surface area contributed by atoms with Crippen molar-refractivity contribution in [3.05, 3.63) is 46.8 Å². The normalized spacial score (nSPS) is 16.5. The number of anilines is 1. The Balaban J connectivity index is 1.53. The zero-order chi connectivity index (χ0) is 18.7. The highest BCUT2D eigenvalue weighted by Gasteiger charge is 2.29. The van der Waals surface area contributed by atoms with Gasteiger partial charge in [0.05, 0.1) is 6.54 Å². The van der Waals surface area contributed by atoms with Crippen LogP contribution >= 0.6 is 11.3 Å². The summed E-state index contributed by atoms with van der Waals surface area (Å²) in [7, 11) is -3.40. The van der Waals surface area contributed by atoms with Gasteiger partial charge in [-0.05, 0) is 36.9 Å². The van der Waals surface area contributed by atoms with Crippen LogP contribution in [0.4, 0.5) is 5.69 Å². The van der Waals surface area contributed by atoms with Crippen LogP contribution in [0.1, 0.15) is 11.1 Å². The van der Waals surface area contributed by atoms with Gasteiger partial charge in [-0.2, -0.15) is 4.31 Å². The molecule has 0 bridgehead atoms. The van der Waals surface area contributed by atoms with E-state index in [0.29, 0.717) is 30.4 Å². The van der Waals surface area contributed by atoms with Gasteiger partial charge in [0, 0.05) is 31.9 Å². The number of sulfonamides is 1. The zero-order valence-corrected chi connectivity index (χ0v) is 16.6. The SMILES string of the molecule is Cc1ccc(NC(=O)CN2CCN(S(=O)(=O)c3cccs3)CC2)c(C)c1. The topological polar surface area (TPSA) is 69.7 Å². The fourth-order valence-corrected chi connectivity index (χ4v) is 5.58. The largest absolute Gasteiger partial charge is 0.325 e. The van der Waals surface area contributed by atoms with Gasteiger partial charge in [-0.15, -0.1) is 11.3 Å². The number of nitrogens with one attached hydrogen (secondary N) is 1. The molecule has 1 aliphatic rings. The summed E-state index contributed by atoms with van der Waals surface area (Å²) in [6.07, 6.45) is 0. The van der Waals surface area contributed by atoms with Crippen LogP contribution in [0.2, 0.25) is 0 Å². The molecule has 8 heteroatoms. The van der Waals surface area contributed by atoms with Crippen LogP contribution in [0.5, 0.6) is 0 Å². The molecule has 26 heavy (non-hydrogen) atoms. The van der Waals surface area contributed by atoms with Gasteiger partial charge >= 0.3 is 0 Å². The summed E-state index contributed by atoms with van der Waals surface area (Å²) in [5, 5.41) is 4.70. The Morgan fingerprint density at radius 3 is 2.50 bits per heavy atom. The lowest BCUT2D eigenvalue weighted by atomic mass is 10.1. The van der Waals surface area contributed by atoms with E-state index in [2.05, 4.69) is 5.32 Å². The van der Waals surface area contributed by atoms with E-state index < -0.39 is 10.0 Å². The molecule has 140 valence electrons. The van der Waals surface area contributed by atoms with Crippen molar-refractivity contribution in [2.24, 2.45) is 0 Å². The van der Waals surface area contributed by atoms with Gasteiger partial charge in [-0.3, -0.25) is 9.69 Å². The Bertz CT molecular complexity index is 871. The van der Waals surface area contributed by atoms with E-state index in [4.69, 9.17) is 0 Å². The third-order valence-electron chi connectivity index (χ3n) is 4.44. The van der Waals surface area contributed by atoms with E-state index in [1.54, 1.807) is 17.5 Å². The van der Waals surface area contributed by atoms with Crippen LogP contribution in [0.25, 0.3) is 0 Å². The first kappa shape index (κ1) is 19.0. The number of rotatable bonds is 5. The van der Waals surface area contributed by atoms with Crippen molar-refractivity contribution in [3.63, 3.8) is 0 Å². The highest BCUT2D eigenvalue weighted by Crippen LogP contribution is 2.22. The van der Waals surface area contributed by atoms with Crippen molar-refractivity contribution in [3.8, 4) is 0 Å². The predicted molar refractivity (Wildman–Crippen MR) is 104 cm³/mol. The standard InChI is InChI=1S/C18H23N3O3S2/c1-14-5-6-16(15(2)12-14)19-17(22)13-20-7-9-21(10-8-20)26(23,24)18-4-3-11-25-18/h3-6,11-12H,7-10,13H2,1-2H3,(H,19,22). The lowest BCUT2D eigenvalue weighted by molar-refractivity contribution is -0.117. The van der Waals surface area contributed by atoms with Crippen molar-refractivity contribution in [2.75, 3.05) is 38.0 Å². The third-order valence-corrected chi connectivity index (χ3v) is 7.72. The predicted octanol–water partition coefficient (Wildman–Crippen LogP) is 2.31. The van der Waals surface area contributed by atoms with Gasteiger partial charge in [-0.1, -0.05) is 23.8 Å². The first-order valence-corrected chi connectivity index (χ1v) is 10.8. The van der Waals surface area contributed by atoms with Crippen molar-refractivity contribution >= 4 is 33.0 Å². The lowest BCUT2D eigenvalue weighted by Gasteiger charge is -2.33. The maximum Gasteiger partial charge on any atom is 0.252 e. The summed E-state index contributed by atoms with van der Waals surface area (Å²) in [6.45, 7) is 6.14. The second-order valence-corrected chi connectivity index (χ2v) is 9.59. The average Bonchev–Trinajstić information content (AvgIpc) is 3.13. The maximum atomic E-state index is 12.5. The molecule has 0 saturated carbocycles. The van der Waals surface area contributed by atoms with Gasteiger partial charge in [0.15, 0.2) is 0 Å². The van der Waals surface area contributed by atoms with Crippen molar-refractivity contribution in [2.45, 2.75) is 18.1 Å². The number of hydrogen-bond donors (Lipinski definition) is 1. The highest BCUT2D eigenvalue weighted by molar-refractivity contribution is 7.91. The van der Waals surface area contributed by atoms with Crippen LogP contribution in [-0.4, -0.2) is 56.3 Å². The Kier molecular flexibility index (Phi) is 5.76. The molecule has 0 atom stereocenters. The van der Waals surface area contributed by atoms with Gasteiger partial charge in [0.25, 0.3) is 10.0 Å². The lowest BCUT2D eigenvalue weighted by Crippen LogP contribution is -2.50. The first-order chi connectivity index (χ1) is 12.4. The second kappa shape index (κ2) is 7.87. The number of carbonyl (C=O) groups excluding carboxylic acids is 1. The molecule has 2 heterocycles. The molecule has 0 spiro atoms. The minimum Gasteiger partial charge on any atom is -0.325 e. The Morgan fingerprint density at radius 2 is 1.88 bits per heavy atom. The number of aryl methyl sites for hydroxylation is 2. The summed E-state index contributed by atoms with van der Waals surface area (Å²) in [6, 6.07) is 9.28. The summed E-state index contributed by atoms with van der Waals surface area (Å²) >= 11 is 1.23. The monoisotopic (exact) mass is 393 g/mol. The molecule has 1 N–H and O–H groups in total. The van der Waals surface area contributed by atoms with E-state index in [1.807, 2.05) is 36.9 Å². The van der Waals surface area contributed by atoms with Gasteiger partial charge < -0.3 is 5.32 Å². The highest BCUT2D eigenvalue weighted by atomic mass is 32.2. The van der Waals surface area contributed by atoms with E-state index in [1.165, 1.54) is 15.6 Å². The van der Waals surface area contributed by atoms with Crippen LogP contribution in [-0.2, 0) is 14.8 Å². The van der Waals surface area contributed by atoms with Gasteiger partial charge in [-0.25, -0.2) is 8.42 Å². The number of amides is 1. The minimum absolute atomic E-state index is 0.0773. The number of benzene rings is 1. The molecule has 1 aliphatic heterocycles. The zero-order valence-electron chi connectivity index (χ0n) is 14.9. The molecule has 0 unspecified atom stereocenters. The Morgan fingerprint density at radius 1 is 1.15 bits per heavy atom. The molecule has 1 saturated heterocycles. The molecule has 1 aromatic heterocycles. The molecule has 1 amide bonds. The van der Waals surface area contributed by atoms with Crippen LogP contribution in [0, 0.1) is 13.8 Å². The minimum atomic E-state index is -3.40. The molecule has 1 aromatic carbocycles. The number of thiophene rings is 1. The number of nitrogens with zero attached hydrogens (tertiary/aromatic N) is 2. The number of piperazine rings is 1. The first-order valence-electron chi connectivity index (χ1n) is 8.49. The molecule has 0 aliphatic carbocycles. The van der Waals surface area contributed by atoms with E-state index in [9.17, 15) is 13.2 Å². The fraction of sp³-hybridized carbons (Fsp3) is 0.389. The van der Waals surface area contributed by atoms with E-state index in [-0.39, 0.29) is 12.5 Å². The fourth-order valence-electron chi connectivity index (χ4n) is 3.01. The summed E-state index contributed by atoms with van der Waals surface area (Å²) < 4.78 is 26.9. The number of carbonyl (C=O) groups is 1. The molecule has 2 aromatic rings. The Labute approximate surface area is 158 Å². The van der Waals surface area contributed by atoms with Crippen molar-refractivity contribution < 1.29 is 13.2 Å². The summed E-state index contributed by atoms with van der Waals surface area (Å²) in [5.74, 6) is -0.0773. The quantitative estimate of drug-likeness (QED) is 0.846. The van der Waals surface area contributed by atoms with Crippen molar-refractivity contribution in [1.82, 2.24) is 9.21 Å². The maximum absolute atomic E-state index is 12.5. The molecular formula is C18H23N3O3S2.